The van der Waals surface area contributed by atoms with Crippen molar-refractivity contribution in [1.82, 2.24) is 0 Å². The molecule has 16 heavy (non-hydrogen) atoms. The van der Waals surface area contributed by atoms with Crippen molar-refractivity contribution in [2.45, 2.75) is 6.92 Å². The van der Waals surface area contributed by atoms with E-state index in [0.29, 0.717) is 4.47 Å². The first-order valence-electron chi connectivity index (χ1n) is 4.38. The van der Waals surface area contributed by atoms with Gasteiger partial charge in [0.05, 0.1) is 4.47 Å². The lowest BCUT2D eigenvalue weighted by atomic mass is 10.0. The molecule has 0 saturated carbocycles. The zero-order valence-electron chi connectivity index (χ0n) is 8.11. The molecule has 0 aliphatic rings. The molecule has 1 nitrogen and oxygen atoms in total. The van der Waals surface area contributed by atoms with Crippen LogP contribution in [0.1, 0.15) is 5.56 Å². The van der Waals surface area contributed by atoms with Gasteiger partial charge in [-0.2, -0.15) is 0 Å². The van der Waals surface area contributed by atoms with Crippen LogP contribution in [0, 0.1) is 24.4 Å². The Morgan fingerprint density at radius 2 is 1.62 bits per heavy atom. The second-order valence-electron chi connectivity index (χ2n) is 3.42. The van der Waals surface area contributed by atoms with E-state index < -0.39 is 17.5 Å². The Morgan fingerprint density at radius 3 is 2.25 bits per heavy atom. The Balaban J connectivity index is 3.02. The average Bonchev–Trinajstić information content (AvgIpc) is 2.26. The zero-order valence-corrected chi connectivity index (χ0v) is 9.70. The molecular weight excluding hydrogens is 285 g/mol. The summed E-state index contributed by atoms with van der Waals surface area (Å²) in [7, 11) is 0. The van der Waals surface area contributed by atoms with Gasteiger partial charge in [-0.25, -0.2) is 13.2 Å². The summed E-state index contributed by atoms with van der Waals surface area (Å²) in [6.45, 7) is 1.35. The molecule has 2 aromatic rings. The molecule has 0 fully saturated rings. The molecule has 0 atom stereocenters. The molecule has 0 bridgehead atoms. The lowest BCUT2D eigenvalue weighted by Crippen LogP contribution is -1.97. The summed E-state index contributed by atoms with van der Waals surface area (Å²) < 4.78 is 40.1. The summed E-state index contributed by atoms with van der Waals surface area (Å²) in [6, 6.07) is 2.41. The minimum atomic E-state index is -1.52. The van der Waals surface area contributed by atoms with Crippen LogP contribution >= 0.6 is 15.9 Å². The molecule has 2 aromatic carbocycles. The maximum Gasteiger partial charge on any atom is 0.195 e. The van der Waals surface area contributed by atoms with Crippen LogP contribution in [-0.2, 0) is 0 Å². The first-order valence-corrected chi connectivity index (χ1v) is 5.18. The van der Waals surface area contributed by atoms with E-state index in [1.807, 2.05) is 0 Å². The fraction of sp³-hybridized carbons (Fsp3) is 0.0909. The summed E-state index contributed by atoms with van der Waals surface area (Å²) in [5.41, 5.74) is 0.00889. The Bertz CT molecular complexity index is 543. The molecule has 0 amide bonds. The molecule has 0 radical (unpaired) electrons. The lowest BCUT2D eigenvalue weighted by Gasteiger charge is -2.08. The number of hydrogen-bond acceptors (Lipinski definition) is 1. The molecule has 2 rings (SSSR count). The maximum atomic E-state index is 13.4. The van der Waals surface area contributed by atoms with E-state index in [9.17, 15) is 18.3 Å². The second kappa shape index (κ2) is 3.66. The van der Waals surface area contributed by atoms with Gasteiger partial charge in [0.2, 0.25) is 0 Å². The monoisotopic (exact) mass is 290 g/mol. The van der Waals surface area contributed by atoms with Crippen LogP contribution in [0.5, 0.6) is 5.75 Å². The summed E-state index contributed by atoms with van der Waals surface area (Å²) in [5.74, 6) is -4.24. The van der Waals surface area contributed by atoms with Crippen molar-refractivity contribution in [3.05, 3.63) is 39.6 Å². The molecule has 0 aliphatic carbocycles. The van der Waals surface area contributed by atoms with Gasteiger partial charge in [-0.15, -0.1) is 0 Å². The summed E-state index contributed by atoms with van der Waals surface area (Å²) >= 11 is 3.03. The van der Waals surface area contributed by atoms with Crippen molar-refractivity contribution < 1.29 is 18.3 Å². The fourth-order valence-corrected chi connectivity index (χ4v) is 1.89. The molecule has 0 spiro atoms. The number of rotatable bonds is 0. The van der Waals surface area contributed by atoms with E-state index in [2.05, 4.69) is 15.9 Å². The topological polar surface area (TPSA) is 20.2 Å². The van der Waals surface area contributed by atoms with Crippen molar-refractivity contribution in [3.63, 3.8) is 0 Å². The average molecular weight is 291 g/mol. The summed E-state index contributed by atoms with van der Waals surface area (Å²) in [4.78, 5) is 0. The number of benzene rings is 2. The Kier molecular flexibility index (Phi) is 2.58. The van der Waals surface area contributed by atoms with Crippen LogP contribution in [0.15, 0.2) is 16.6 Å². The quantitative estimate of drug-likeness (QED) is 0.726. The number of halogens is 4. The fourth-order valence-electron chi connectivity index (χ4n) is 1.55. The van der Waals surface area contributed by atoms with E-state index in [1.54, 1.807) is 0 Å². The van der Waals surface area contributed by atoms with E-state index in [-0.39, 0.29) is 22.1 Å². The standard InChI is InChI=1S/C11H6BrF3O/c1-4-5-2-7(12)8(16)3-6(5)10(14)11(15)9(4)13/h2-3,16H,1H3. The smallest absolute Gasteiger partial charge is 0.195 e. The van der Waals surface area contributed by atoms with Gasteiger partial charge in [-0.3, -0.25) is 0 Å². The van der Waals surface area contributed by atoms with Gasteiger partial charge in [0.25, 0.3) is 0 Å². The molecule has 0 aromatic heterocycles. The SMILES string of the molecule is Cc1c(F)c(F)c(F)c2cc(O)c(Br)cc12. The van der Waals surface area contributed by atoms with E-state index in [1.165, 1.54) is 13.0 Å². The Morgan fingerprint density at radius 1 is 1.00 bits per heavy atom. The molecule has 0 aliphatic heterocycles. The first kappa shape index (κ1) is 11.3. The predicted molar refractivity (Wildman–Crippen MR) is 57.9 cm³/mol. The molecule has 1 N–H and O–H groups in total. The number of phenols is 1. The van der Waals surface area contributed by atoms with Gasteiger partial charge >= 0.3 is 0 Å². The van der Waals surface area contributed by atoms with E-state index in [0.717, 1.165) is 6.07 Å². The molecule has 84 valence electrons. The third-order valence-electron chi connectivity index (χ3n) is 2.44. The van der Waals surface area contributed by atoms with Crippen LogP contribution in [-0.4, -0.2) is 5.11 Å². The Labute approximate surface area is 97.6 Å². The van der Waals surface area contributed by atoms with Crippen LogP contribution < -0.4 is 0 Å². The summed E-state index contributed by atoms with van der Waals surface area (Å²) in [5, 5.41) is 9.44. The molecule has 0 heterocycles. The van der Waals surface area contributed by atoms with Crippen LogP contribution in [0.25, 0.3) is 10.8 Å². The number of hydrogen-bond donors (Lipinski definition) is 1. The zero-order chi connectivity index (χ0) is 12.0. The van der Waals surface area contributed by atoms with Crippen LogP contribution in [0.4, 0.5) is 13.2 Å². The van der Waals surface area contributed by atoms with Gasteiger partial charge in [-0.05, 0) is 45.9 Å². The number of aromatic hydroxyl groups is 1. The minimum Gasteiger partial charge on any atom is -0.507 e. The third kappa shape index (κ3) is 1.46. The highest BCUT2D eigenvalue weighted by Crippen LogP contribution is 2.34. The number of aryl methyl sites for hydroxylation is 1. The van der Waals surface area contributed by atoms with Gasteiger partial charge in [0.1, 0.15) is 5.75 Å². The van der Waals surface area contributed by atoms with Crippen molar-refractivity contribution in [2.24, 2.45) is 0 Å². The molecular formula is C11H6BrF3O. The van der Waals surface area contributed by atoms with Crippen molar-refractivity contribution in [2.75, 3.05) is 0 Å². The van der Waals surface area contributed by atoms with Crippen LogP contribution in [0.3, 0.4) is 0 Å². The minimum absolute atomic E-state index is 0.00889. The molecule has 0 saturated heterocycles. The number of fused-ring (bicyclic) bond motifs is 1. The normalized spacial score (nSPS) is 11.1. The van der Waals surface area contributed by atoms with Gasteiger partial charge in [-0.1, -0.05) is 0 Å². The second-order valence-corrected chi connectivity index (χ2v) is 4.27. The van der Waals surface area contributed by atoms with Gasteiger partial charge in [0, 0.05) is 5.39 Å². The van der Waals surface area contributed by atoms with E-state index in [4.69, 9.17) is 0 Å². The highest BCUT2D eigenvalue weighted by molar-refractivity contribution is 9.10. The van der Waals surface area contributed by atoms with Crippen molar-refractivity contribution in [1.29, 1.82) is 0 Å². The predicted octanol–water partition coefficient (Wildman–Crippen LogP) is 4.03. The van der Waals surface area contributed by atoms with Crippen molar-refractivity contribution >= 4 is 26.7 Å². The number of phenolic OH excluding ortho intramolecular Hbond substituents is 1. The molecule has 5 heteroatoms. The van der Waals surface area contributed by atoms with E-state index >= 15 is 0 Å². The van der Waals surface area contributed by atoms with Gasteiger partial charge in [0.15, 0.2) is 17.5 Å². The first-order chi connectivity index (χ1) is 7.43. The van der Waals surface area contributed by atoms with Gasteiger partial charge < -0.3 is 5.11 Å². The Hall–Kier alpha value is -1.23. The lowest BCUT2D eigenvalue weighted by molar-refractivity contribution is 0.448. The highest BCUT2D eigenvalue weighted by Gasteiger charge is 2.18. The largest absolute Gasteiger partial charge is 0.507 e. The molecule has 0 unspecified atom stereocenters. The maximum absolute atomic E-state index is 13.4. The van der Waals surface area contributed by atoms with Crippen LogP contribution in [0.2, 0.25) is 0 Å². The van der Waals surface area contributed by atoms with Crippen molar-refractivity contribution in [3.8, 4) is 5.75 Å². The third-order valence-corrected chi connectivity index (χ3v) is 3.08. The summed E-state index contributed by atoms with van der Waals surface area (Å²) in [6.07, 6.45) is 0. The highest BCUT2D eigenvalue weighted by atomic mass is 79.9.